The van der Waals surface area contributed by atoms with Crippen molar-refractivity contribution in [3.8, 4) is 17.2 Å². The molecule has 0 radical (unpaired) electrons. The van der Waals surface area contributed by atoms with Crippen molar-refractivity contribution in [2.45, 2.75) is 6.92 Å². The second-order valence-electron chi connectivity index (χ2n) is 5.53. The van der Waals surface area contributed by atoms with Crippen molar-refractivity contribution in [2.24, 2.45) is 0 Å². The van der Waals surface area contributed by atoms with E-state index >= 15 is 0 Å². The first kappa shape index (κ1) is 19.3. The second-order valence-corrected chi connectivity index (χ2v) is 7.21. The van der Waals surface area contributed by atoms with Gasteiger partial charge in [-0.25, -0.2) is 0 Å². The Hall–Kier alpha value is -2.51. The third-order valence-electron chi connectivity index (χ3n) is 3.91. The highest BCUT2D eigenvalue weighted by Crippen LogP contribution is 2.40. The molecule has 1 aliphatic rings. The number of anilines is 1. The summed E-state index contributed by atoms with van der Waals surface area (Å²) in [7, 11) is 3.15. The van der Waals surface area contributed by atoms with E-state index in [2.05, 4.69) is 0 Å². The van der Waals surface area contributed by atoms with Crippen LogP contribution >= 0.6 is 24.0 Å². The van der Waals surface area contributed by atoms with Crippen LogP contribution in [0.15, 0.2) is 47.4 Å². The van der Waals surface area contributed by atoms with Crippen LogP contribution < -0.4 is 19.1 Å². The van der Waals surface area contributed by atoms with Gasteiger partial charge in [0.2, 0.25) is 0 Å². The number of nitrogens with zero attached hydrogens (tertiary/aromatic N) is 1. The molecule has 1 saturated heterocycles. The summed E-state index contributed by atoms with van der Waals surface area (Å²) >= 11 is 6.69. The molecule has 0 saturated carbocycles. The van der Waals surface area contributed by atoms with Gasteiger partial charge in [-0.15, -0.1) is 0 Å². The molecule has 0 spiro atoms. The lowest BCUT2D eigenvalue weighted by atomic mass is 10.1. The van der Waals surface area contributed by atoms with E-state index in [0.29, 0.717) is 38.8 Å². The molecule has 0 N–H and O–H groups in total. The molecule has 1 amide bonds. The molecule has 1 fully saturated rings. The number of hydrogen-bond donors (Lipinski definition) is 0. The van der Waals surface area contributed by atoms with Crippen LogP contribution in [0.5, 0.6) is 17.2 Å². The minimum atomic E-state index is -0.178. The monoisotopic (exact) mass is 401 g/mol. The summed E-state index contributed by atoms with van der Waals surface area (Å²) in [6, 6.07) is 12.8. The quantitative estimate of drug-likeness (QED) is 0.524. The smallest absolute Gasteiger partial charge is 0.270 e. The van der Waals surface area contributed by atoms with Crippen molar-refractivity contribution < 1.29 is 19.0 Å². The Labute approximate surface area is 167 Å². The highest BCUT2D eigenvalue weighted by molar-refractivity contribution is 8.27. The summed E-state index contributed by atoms with van der Waals surface area (Å²) < 4.78 is 16.7. The van der Waals surface area contributed by atoms with Crippen LogP contribution in [0, 0.1) is 0 Å². The molecule has 2 aromatic carbocycles. The first-order valence-corrected chi connectivity index (χ1v) is 9.53. The molecule has 0 aliphatic carbocycles. The van der Waals surface area contributed by atoms with Crippen molar-refractivity contribution in [2.75, 3.05) is 25.7 Å². The van der Waals surface area contributed by atoms with Crippen LogP contribution in [0.25, 0.3) is 6.08 Å². The zero-order valence-corrected chi connectivity index (χ0v) is 16.9. The molecular formula is C20H19NO4S2. The lowest BCUT2D eigenvalue weighted by molar-refractivity contribution is -0.113. The standard InChI is InChI=1S/C20H19NO4S2/c1-4-25-16-10-9-13(11-17(16)24-3)12-18-19(22)21(20(26)27-18)14-7-5-6-8-15(14)23-2/h5-12H,4H2,1-3H3. The number of thiocarbonyl (C=S) groups is 1. The van der Waals surface area contributed by atoms with Gasteiger partial charge in [0.15, 0.2) is 15.8 Å². The predicted molar refractivity (Wildman–Crippen MR) is 113 cm³/mol. The molecule has 1 heterocycles. The fraction of sp³-hybridized carbons (Fsp3) is 0.200. The molecule has 1 aliphatic heterocycles. The maximum absolute atomic E-state index is 13.0. The molecular weight excluding hydrogens is 382 g/mol. The van der Waals surface area contributed by atoms with Crippen LogP contribution in [-0.4, -0.2) is 31.1 Å². The summed E-state index contributed by atoms with van der Waals surface area (Å²) in [5.74, 6) is 1.70. The van der Waals surface area contributed by atoms with Crippen molar-refractivity contribution in [3.63, 3.8) is 0 Å². The Balaban J connectivity index is 1.93. The van der Waals surface area contributed by atoms with Gasteiger partial charge in [-0.1, -0.05) is 42.2 Å². The summed E-state index contributed by atoms with van der Waals surface area (Å²) in [6.07, 6.45) is 1.80. The summed E-state index contributed by atoms with van der Waals surface area (Å²) in [4.78, 5) is 15.0. The van der Waals surface area contributed by atoms with Crippen molar-refractivity contribution in [1.82, 2.24) is 0 Å². The molecule has 140 valence electrons. The molecule has 0 bridgehead atoms. The number of hydrogen-bond acceptors (Lipinski definition) is 6. The van der Waals surface area contributed by atoms with Gasteiger partial charge in [0.1, 0.15) is 5.75 Å². The zero-order chi connectivity index (χ0) is 19.4. The first-order valence-electron chi connectivity index (χ1n) is 8.30. The Morgan fingerprint density at radius 2 is 1.81 bits per heavy atom. The van der Waals surface area contributed by atoms with Gasteiger partial charge < -0.3 is 14.2 Å². The Bertz CT molecular complexity index is 911. The van der Waals surface area contributed by atoms with E-state index in [1.807, 2.05) is 43.3 Å². The number of carbonyl (C=O) groups is 1. The number of benzene rings is 2. The van der Waals surface area contributed by atoms with Gasteiger partial charge in [-0.3, -0.25) is 9.69 Å². The van der Waals surface area contributed by atoms with Crippen molar-refractivity contribution >= 4 is 46.0 Å². The molecule has 27 heavy (non-hydrogen) atoms. The summed E-state index contributed by atoms with van der Waals surface area (Å²) in [5, 5.41) is 0. The number of amides is 1. The third kappa shape index (κ3) is 3.94. The molecule has 5 nitrogen and oxygen atoms in total. The van der Waals surface area contributed by atoms with E-state index in [9.17, 15) is 4.79 Å². The van der Waals surface area contributed by atoms with Crippen LogP contribution in [-0.2, 0) is 4.79 Å². The minimum Gasteiger partial charge on any atom is -0.495 e. The van der Waals surface area contributed by atoms with Crippen LogP contribution in [0.1, 0.15) is 12.5 Å². The predicted octanol–water partition coefficient (Wildman–Crippen LogP) is 4.51. The van der Waals surface area contributed by atoms with E-state index in [-0.39, 0.29) is 5.91 Å². The SMILES string of the molecule is CCOc1ccc(C=C2SC(=S)N(c3ccccc3OC)C2=O)cc1OC. The molecule has 0 aromatic heterocycles. The van der Waals surface area contributed by atoms with Gasteiger partial charge in [-0.05, 0) is 42.8 Å². The zero-order valence-electron chi connectivity index (χ0n) is 15.2. The largest absolute Gasteiger partial charge is 0.495 e. The van der Waals surface area contributed by atoms with Crippen LogP contribution in [0.4, 0.5) is 5.69 Å². The van der Waals surface area contributed by atoms with E-state index in [0.717, 1.165) is 5.56 Å². The van der Waals surface area contributed by atoms with Crippen LogP contribution in [0.2, 0.25) is 0 Å². The minimum absolute atomic E-state index is 0.178. The third-order valence-corrected chi connectivity index (χ3v) is 5.21. The molecule has 3 rings (SSSR count). The van der Waals surface area contributed by atoms with Crippen LogP contribution in [0.3, 0.4) is 0 Å². The molecule has 0 atom stereocenters. The number of para-hydroxylation sites is 2. The molecule has 2 aromatic rings. The van der Waals surface area contributed by atoms with E-state index in [1.165, 1.54) is 16.7 Å². The van der Waals surface area contributed by atoms with E-state index in [1.54, 1.807) is 26.4 Å². The number of rotatable bonds is 6. The number of ether oxygens (including phenoxy) is 3. The fourth-order valence-corrected chi connectivity index (χ4v) is 3.97. The molecule has 7 heteroatoms. The normalized spacial score (nSPS) is 15.4. The second kappa shape index (κ2) is 8.45. The summed E-state index contributed by atoms with van der Waals surface area (Å²) in [5.41, 5.74) is 1.46. The topological polar surface area (TPSA) is 48.0 Å². The van der Waals surface area contributed by atoms with Crippen molar-refractivity contribution in [1.29, 1.82) is 0 Å². The Morgan fingerprint density at radius 3 is 2.52 bits per heavy atom. The maximum atomic E-state index is 13.0. The Morgan fingerprint density at radius 1 is 1.07 bits per heavy atom. The highest BCUT2D eigenvalue weighted by atomic mass is 32.2. The lowest BCUT2D eigenvalue weighted by Gasteiger charge is -2.17. The average Bonchev–Trinajstić information content (AvgIpc) is 2.96. The van der Waals surface area contributed by atoms with E-state index < -0.39 is 0 Å². The van der Waals surface area contributed by atoms with Gasteiger partial charge >= 0.3 is 0 Å². The lowest BCUT2D eigenvalue weighted by Crippen LogP contribution is -2.27. The van der Waals surface area contributed by atoms with Gasteiger partial charge in [0.05, 0.1) is 31.4 Å². The first-order chi connectivity index (χ1) is 13.1. The van der Waals surface area contributed by atoms with Gasteiger partial charge in [-0.2, -0.15) is 0 Å². The number of carbonyl (C=O) groups excluding carboxylic acids is 1. The average molecular weight is 402 g/mol. The van der Waals surface area contributed by atoms with Gasteiger partial charge in [0, 0.05) is 0 Å². The highest BCUT2D eigenvalue weighted by Gasteiger charge is 2.34. The van der Waals surface area contributed by atoms with Crippen molar-refractivity contribution in [3.05, 3.63) is 52.9 Å². The fourth-order valence-electron chi connectivity index (χ4n) is 2.69. The maximum Gasteiger partial charge on any atom is 0.270 e. The molecule has 0 unspecified atom stereocenters. The van der Waals surface area contributed by atoms with Gasteiger partial charge in [0.25, 0.3) is 5.91 Å². The number of methoxy groups -OCH3 is 2. The Kier molecular flexibility index (Phi) is 6.03. The van der Waals surface area contributed by atoms with E-state index in [4.69, 9.17) is 26.4 Å². The number of thioether (sulfide) groups is 1. The summed E-state index contributed by atoms with van der Waals surface area (Å²) in [6.45, 7) is 2.46.